The molecule has 3 rings (SSSR count). The number of piperazine rings is 1. The number of rotatable bonds is 6. The number of benzene rings is 1. The molecule has 0 saturated carbocycles. The molecule has 0 aliphatic carbocycles. The number of methoxy groups -OCH3 is 2. The molecular weight excluding hydrogens is 394 g/mol. The van der Waals surface area contributed by atoms with Crippen LogP contribution in [0.5, 0.6) is 11.5 Å². The van der Waals surface area contributed by atoms with Crippen LogP contribution in [-0.2, 0) is 9.59 Å². The Labute approximate surface area is 174 Å². The minimum Gasteiger partial charge on any atom is -0.493 e. The van der Waals surface area contributed by atoms with Crippen LogP contribution < -0.4 is 14.4 Å². The molecule has 156 valence electrons. The monoisotopic (exact) mass is 420 g/mol. The fourth-order valence-electron chi connectivity index (χ4n) is 3.29. The van der Waals surface area contributed by atoms with E-state index in [9.17, 15) is 14.4 Å². The van der Waals surface area contributed by atoms with Crippen LogP contribution in [-0.4, -0.2) is 80.8 Å². The van der Waals surface area contributed by atoms with Crippen molar-refractivity contribution in [3.05, 3.63) is 28.7 Å². The number of hydrogen-bond donors (Lipinski definition) is 1. The number of carbonyl (C=O) groups is 3. The van der Waals surface area contributed by atoms with Gasteiger partial charge in [0.05, 0.1) is 52.4 Å². The maximum atomic E-state index is 12.7. The van der Waals surface area contributed by atoms with Crippen molar-refractivity contribution < 1.29 is 28.8 Å². The standard InChI is InChI=1S/C20H25N3O5S/c1-21-8-10-22(11-9-21)18(24)6-7-23-19(25)17(29-20(23)26)13-14-4-5-15(27-2)16(12-14)28-3/h4-5,12-13H,6-11H2,1-3H3/p+1/b17-13+. The summed E-state index contributed by atoms with van der Waals surface area (Å²) >= 11 is 0.886. The van der Waals surface area contributed by atoms with Gasteiger partial charge in [0.1, 0.15) is 0 Å². The van der Waals surface area contributed by atoms with E-state index >= 15 is 0 Å². The van der Waals surface area contributed by atoms with Crippen molar-refractivity contribution in [3.8, 4) is 11.5 Å². The summed E-state index contributed by atoms with van der Waals surface area (Å²) in [6, 6.07) is 5.27. The molecule has 2 heterocycles. The molecule has 9 heteroatoms. The summed E-state index contributed by atoms with van der Waals surface area (Å²) in [5.74, 6) is 0.743. The van der Waals surface area contributed by atoms with Crippen LogP contribution in [0.3, 0.4) is 0 Å². The minimum atomic E-state index is -0.370. The Bertz CT molecular complexity index is 833. The molecule has 2 aliphatic heterocycles. The van der Waals surface area contributed by atoms with Crippen molar-refractivity contribution in [1.82, 2.24) is 9.80 Å². The van der Waals surface area contributed by atoms with Gasteiger partial charge in [0.15, 0.2) is 11.5 Å². The zero-order valence-corrected chi connectivity index (χ0v) is 17.7. The van der Waals surface area contributed by atoms with E-state index in [1.165, 1.54) is 12.0 Å². The molecule has 2 aliphatic rings. The molecule has 2 fully saturated rings. The van der Waals surface area contributed by atoms with Crippen LogP contribution in [0, 0.1) is 0 Å². The molecule has 1 aromatic carbocycles. The Morgan fingerprint density at radius 2 is 1.86 bits per heavy atom. The summed E-state index contributed by atoms with van der Waals surface area (Å²) in [5.41, 5.74) is 0.726. The van der Waals surface area contributed by atoms with E-state index in [4.69, 9.17) is 9.47 Å². The van der Waals surface area contributed by atoms with E-state index in [1.54, 1.807) is 31.4 Å². The van der Waals surface area contributed by atoms with Gasteiger partial charge in [-0.3, -0.25) is 19.3 Å². The zero-order chi connectivity index (χ0) is 21.0. The van der Waals surface area contributed by atoms with Gasteiger partial charge in [0.2, 0.25) is 5.91 Å². The molecule has 2 saturated heterocycles. The normalized spacial score (nSPS) is 19.2. The number of nitrogens with one attached hydrogen (secondary N) is 1. The Morgan fingerprint density at radius 3 is 2.52 bits per heavy atom. The van der Waals surface area contributed by atoms with Gasteiger partial charge < -0.3 is 19.3 Å². The first-order chi connectivity index (χ1) is 13.9. The molecular formula is C20H26N3O5S+. The van der Waals surface area contributed by atoms with Crippen molar-refractivity contribution in [2.24, 2.45) is 0 Å². The summed E-state index contributed by atoms with van der Waals surface area (Å²) in [4.78, 5) is 42.0. The molecule has 8 nitrogen and oxygen atoms in total. The van der Waals surface area contributed by atoms with Crippen LogP contribution in [0.1, 0.15) is 12.0 Å². The van der Waals surface area contributed by atoms with Crippen molar-refractivity contribution in [2.75, 3.05) is 54.0 Å². The first-order valence-corrected chi connectivity index (χ1v) is 10.3. The first kappa shape index (κ1) is 21.2. The predicted molar refractivity (Wildman–Crippen MR) is 110 cm³/mol. The summed E-state index contributed by atoms with van der Waals surface area (Å²) in [6.45, 7) is 3.37. The van der Waals surface area contributed by atoms with Gasteiger partial charge >= 0.3 is 0 Å². The lowest BCUT2D eigenvalue weighted by Crippen LogP contribution is -3.12. The first-order valence-electron chi connectivity index (χ1n) is 9.49. The maximum absolute atomic E-state index is 12.7. The van der Waals surface area contributed by atoms with Gasteiger partial charge in [-0.1, -0.05) is 6.07 Å². The Morgan fingerprint density at radius 1 is 1.17 bits per heavy atom. The molecule has 0 aromatic heterocycles. The molecule has 29 heavy (non-hydrogen) atoms. The number of nitrogens with zero attached hydrogens (tertiary/aromatic N) is 2. The Kier molecular flexibility index (Phi) is 6.81. The van der Waals surface area contributed by atoms with E-state index in [-0.39, 0.29) is 30.0 Å². The summed E-state index contributed by atoms with van der Waals surface area (Å²) < 4.78 is 10.5. The van der Waals surface area contributed by atoms with Crippen LogP contribution in [0.15, 0.2) is 23.1 Å². The van der Waals surface area contributed by atoms with Crippen molar-refractivity contribution in [2.45, 2.75) is 6.42 Å². The highest BCUT2D eigenvalue weighted by Gasteiger charge is 2.35. The maximum Gasteiger partial charge on any atom is 0.293 e. The molecule has 0 spiro atoms. The highest BCUT2D eigenvalue weighted by atomic mass is 32.2. The van der Waals surface area contributed by atoms with E-state index in [0.717, 1.165) is 35.3 Å². The summed E-state index contributed by atoms with van der Waals surface area (Å²) in [5, 5.41) is -0.350. The third-order valence-corrected chi connectivity index (χ3v) is 6.01. The van der Waals surface area contributed by atoms with Crippen LogP contribution >= 0.6 is 11.8 Å². The summed E-state index contributed by atoms with van der Waals surface area (Å²) in [7, 11) is 5.19. The van der Waals surface area contributed by atoms with Crippen LogP contribution in [0.2, 0.25) is 0 Å². The Hall–Kier alpha value is -2.52. The zero-order valence-electron chi connectivity index (χ0n) is 16.9. The lowest BCUT2D eigenvalue weighted by molar-refractivity contribution is -0.883. The van der Waals surface area contributed by atoms with Gasteiger partial charge in [-0.15, -0.1) is 0 Å². The van der Waals surface area contributed by atoms with Gasteiger partial charge in [-0.05, 0) is 35.5 Å². The van der Waals surface area contributed by atoms with Gasteiger partial charge in [-0.2, -0.15) is 0 Å². The molecule has 0 radical (unpaired) electrons. The lowest BCUT2D eigenvalue weighted by atomic mass is 10.2. The number of carbonyl (C=O) groups excluding carboxylic acids is 3. The molecule has 1 aromatic rings. The molecule has 0 bridgehead atoms. The minimum absolute atomic E-state index is 0.0135. The quantitative estimate of drug-likeness (QED) is 0.675. The Balaban J connectivity index is 1.63. The van der Waals surface area contributed by atoms with Gasteiger partial charge in [-0.25, -0.2) is 0 Å². The lowest BCUT2D eigenvalue weighted by Gasteiger charge is -2.30. The molecule has 0 atom stereocenters. The van der Waals surface area contributed by atoms with E-state index < -0.39 is 0 Å². The van der Waals surface area contributed by atoms with Gasteiger partial charge in [0, 0.05) is 13.0 Å². The third kappa shape index (κ3) is 4.91. The van der Waals surface area contributed by atoms with Gasteiger partial charge in [0.25, 0.3) is 11.1 Å². The van der Waals surface area contributed by atoms with E-state index in [2.05, 4.69) is 7.05 Å². The highest BCUT2D eigenvalue weighted by Crippen LogP contribution is 2.34. The number of thioether (sulfide) groups is 1. The number of imide groups is 1. The number of quaternary nitrogens is 1. The van der Waals surface area contributed by atoms with Crippen LogP contribution in [0.25, 0.3) is 6.08 Å². The van der Waals surface area contributed by atoms with Crippen molar-refractivity contribution >= 4 is 34.9 Å². The average Bonchev–Trinajstić information content (AvgIpc) is 2.99. The molecule has 0 unspecified atom stereocenters. The number of hydrogen-bond acceptors (Lipinski definition) is 6. The second-order valence-electron chi connectivity index (χ2n) is 7.04. The number of amides is 3. The topological polar surface area (TPSA) is 80.6 Å². The van der Waals surface area contributed by atoms with Crippen molar-refractivity contribution in [3.63, 3.8) is 0 Å². The third-order valence-electron chi connectivity index (χ3n) is 5.10. The van der Waals surface area contributed by atoms with Crippen molar-refractivity contribution in [1.29, 1.82) is 0 Å². The molecule has 1 N–H and O–H groups in total. The fraction of sp³-hybridized carbons (Fsp3) is 0.450. The SMILES string of the molecule is COc1ccc(/C=C2/SC(=O)N(CCC(=O)N3CC[NH+](C)CC3)C2=O)cc1OC. The van der Waals surface area contributed by atoms with Crippen LogP contribution in [0.4, 0.5) is 4.79 Å². The number of likely N-dealkylation sites (N-methyl/N-ethyl adjacent to an activating group) is 1. The smallest absolute Gasteiger partial charge is 0.293 e. The van der Waals surface area contributed by atoms with E-state index in [1.807, 2.05) is 4.90 Å². The number of ether oxygens (including phenoxy) is 2. The average molecular weight is 421 g/mol. The second kappa shape index (κ2) is 9.32. The second-order valence-corrected chi connectivity index (χ2v) is 8.03. The summed E-state index contributed by atoms with van der Waals surface area (Å²) in [6.07, 6.45) is 1.80. The fourth-order valence-corrected chi connectivity index (χ4v) is 4.16. The molecule has 3 amide bonds. The largest absolute Gasteiger partial charge is 0.493 e. The van der Waals surface area contributed by atoms with E-state index in [0.29, 0.717) is 29.5 Å². The predicted octanol–water partition coefficient (Wildman–Crippen LogP) is 0.487. The highest BCUT2D eigenvalue weighted by molar-refractivity contribution is 8.18.